The molecule has 2 heterocycles. The van der Waals surface area contributed by atoms with Crippen LogP contribution < -0.4 is 10.0 Å². The highest BCUT2D eigenvalue weighted by molar-refractivity contribution is 7.89. The zero-order valence-corrected chi connectivity index (χ0v) is 20.4. The van der Waals surface area contributed by atoms with Crippen molar-refractivity contribution >= 4 is 44.0 Å². The predicted octanol–water partition coefficient (Wildman–Crippen LogP) is 3.97. The van der Waals surface area contributed by atoms with E-state index >= 15 is 0 Å². The molecule has 2 N–H and O–H groups in total. The Kier molecular flexibility index (Phi) is 8.09. The Bertz CT molecular complexity index is 1010. The van der Waals surface area contributed by atoms with Gasteiger partial charge in [-0.1, -0.05) is 38.4 Å². The SMILES string of the molecule is CC1CCCN(Cc2csc(NC(=O)[C@@H](NS(=O)(=O)c3cccc(Cl)c3)C(C)C)n2)C1. The van der Waals surface area contributed by atoms with Crippen LogP contribution in [0.15, 0.2) is 34.5 Å². The van der Waals surface area contributed by atoms with Gasteiger partial charge in [0.15, 0.2) is 5.13 Å². The largest absolute Gasteiger partial charge is 0.301 e. The number of rotatable bonds is 8. The van der Waals surface area contributed by atoms with Crippen molar-refractivity contribution in [2.45, 2.75) is 51.1 Å². The Labute approximate surface area is 193 Å². The smallest absolute Gasteiger partial charge is 0.244 e. The Morgan fingerprint density at radius 3 is 2.84 bits per heavy atom. The summed E-state index contributed by atoms with van der Waals surface area (Å²) in [5.41, 5.74) is 0.912. The van der Waals surface area contributed by atoms with E-state index in [1.807, 2.05) is 5.38 Å². The first kappa shape index (κ1) is 24.1. The van der Waals surface area contributed by atoms with E-state index in [0.29, 0.717) is 16.1 Å². The first-order chi connectivity index (χ1) is 14.6. The van der Waals surface area contributed by atoms with E-state index in [2.05, 4.69) is 26.8 Å². The van der Waals surface area contributed by atoms with Gasteiger partial charge < -0.3 is 5.32 Å². The van der Waals surface area contributed by atoms with Crippen molar-refractivity contribution in [3.63, 3.8) is 0 Å². The van der Waals surface area contributed by atoms with Crippen LogP contribution in [-0.4, -0.2) is 43.3 Å². The van der Waals surface area contributed by atoms with Crippen LogP contribution in [0.2, 0.25) is 5.02 Å². The summed E-state index contributed by atoms with van der Waals surface area (Å²) >= 11 is 7.27. The van der Waals surface area contributed by atoms with Crippen molar-refractivity contribution in [3.05, 3.63) is 40.4 Å². The summed E-state index contributed by atoms with van der Waals surface area (Å²) in [6, 6.07) is 5.00. The monoisotopic (exact) mass is 484 g/mol. The molecule has 1 unspecified atom stereocenters. The number of benzene rings is 1. The highest BCUT2D eigenvalue weighted by Crippen LogP contribution is 2.22. The molecule has 0 bridgehead atoms. The number of likely N-dealkylation sites (tertiary alicyclic amines) is 1. The Morgan fingerprint density at radius 2 is 2.16 bits per heavy atom. The molecule has 1 aliphatic rings. The number of aromatic nitrogens is 1. The topological polar surface area (TPSA) is 91.4 Å². The molecule has 0 saturated carbocycles. The van der Waals surface area contributed by atoms with Gasteiger partial charge in [0, 0.05) is 23.5 Å². The van der Waals surface area contributed by atoms with Gasteiger partial charge >= 0.3 is 0 Å². The van der Waals surface area contributed by atoms with E-state index in [9.17, 15) is 13.2 Å². The third-order valence-corrected chi connectivity index (χ3v) is 7.73. The number of hydrogen-bond donors (Lipinski definition) is 2. The van der Waals surface area contributed by atoms with E-state index in [0.717, 1.165) is 25.3 Å². The van der Waals surface area contributed by atoms with E-state index in [4.69, 9.17) is 11.6 Å². The fourth-order valence-electron chi connectivity index (χ4n) is 3.64. The highest BCUT2D eigenvalue weighted by Gasteiger charge is 2.29. The van der Waals surface area contributed by atoms with Crippen LogP contribution in [-0.2, 0) is 21.4 Å². The number of sulfonamides is 1. The molecule has 1 fully saturated rings. The fraction of sp³-hybridized carbons (Fsp3) is 0.524. The second kappa shape index (κ2) is 10.4. The molecule has 0 aliphatic carbocycles. The number of thiazole rings is 1. The standard InChI is InChI=1S/C21H29ClN4O3S2/c1-14(2)19(25-31(28,29)18-8-4-7-16(22)10-18)20(27)24-21-23-17(13-30-21)12-26-9-5-6-15(3)11-26/h4,7-8,10,13-15,19,25H,5-6,9,11-12H2,1-3H3,(H,23,24,27)/t15?,19-/m0/s1. The van der Waals surface area contributed by atoms with Gasteiger partial charge in [0.25, 0.3) is 0 Å². The molecular weight excluding hydrogens is 456 g/mol. The quantitative estimate of drug-likeness (QED) is 0.591. The number of halogens is 1. The van der Waals surface area contributed by atoms with E-state index in [-0.39, 0.29) is 10.8 Å². The number of nitrogens with zero attached hydrogens (tertiary/aromatic N) is 2. The minimum absolute atomic E-state index is 0.0192. The lowest BCUT2D eigenvalue weighted by atomic mass is 10.0. The number of carbonyl (C=O) groups is 1. The second-order valence-corrected chi connectivity index (χ2v) is 11.4. The summed E-state index contributed by atoms with van der Waals surface area (Å²) in [7, 11) is -3.90. The van der Waals surface area contributed by atoms with E-state index in [1.165, 1.54) is 36.3 Å². The lowest BCUT2D eigenvalue weighted by Crippen LogP contribution is -2.47. The molecule has 31 heavy (non-hydrogen) atoms. The lowest BCUT2D eigenvalue weighted by molar-refractivity contribution is -0.118. The first-order valence-electron chi connectivity index (χ1n) is 10.4. The minimum Gasteiger partial charge on any atom is -0.301 e. The van der Waals surface area contributed by atoms with Crippen LogP contribution in [0, 0.1) is 11.8 Å². The van der Waals surface area contributed by atoms with Crippen LogP contribution >= 0.6 is 22.9 Å². The van der Waals surface area contributed by atoms with Crippen LogP contribution in [0.1, 0.15) is 39.3 Å². The summed E-state index contributed by atoms with van der Waals surface area (Å²) < 4.78 is 28.0. The van der Waals surface area contributed by atoms with Crippen LogP contribution in [0.4, 0.5) is 5.13 Å². The number of anilines is 1. The van der Waals surface area contributed by atoms with Gasteiger partial charge in [-0.2, -0.15) is 4.72 Å². The molecule has 0 radical (unpaired) electrons. The molecule has 170 valence electrons. The third-order valence-electron chi connectivity index (χ3n) is 5.25. The number of piperidine rings is 1. The maximum Gasteiger partial charge on any atom is 0.244 e. The average molecular weight is 485 g/mol. The zero-order valence-electron chi connectivity index (χ0n) is 18.0. The van der Waals surface area contributed by atoms with E-state index < -0.39 is 22.0 Å². The summed E-state index contributed by atoms with van der Waals surface area (Å²) in [5, 5.41) is 5.49. The molecule has 2 aromatic rings. The fourth-order valence-corrected chi connectivity index (χ4v) is 5.99. The summed E-state index contributed by atoms with van der Waals surface area (Å²) in [6.07, 6.45) is 2.45. The lowest BCUT2D eigenvalue weighted by Gasteiger charge is -2.30. The predicted molar refractivity (Wildman–Crippen MR) is 125 cm³/mol. The van der Waals surface area contributed by atoms with Gasteiger partial charge in [0.2, 0.25) is 15.9 Å². The van der Waals surface area contributed by atoms with E-state index in [1.54, 1.807) is 26.0 Å². The van der Waals surface area contributed by atoms with Gasteiger partial charge in [0.05, 0.1) is 10.6 Å². The summed E-state index contributed by atoms with van der Waals surface area (Å²) in [4.78, 5) is 19.8. The van der Waals surface area contributed by atoms with Crippen molar-refractivity contribution in [1.29, 1.82) is 0 Å². The van der Waals surface area contributed by atoms with Crippen molar-refractivity contribution < 1.29 is 13.2 Å². The summed E-state index contributed by atoms with van der Waals surface area (Å²) in [5.74, 6) is -0.0118. The van der Waals surface area contributed by atoms with Gasteiger partial charge in [-0.15, -0.1) is 11.3 Å². The maximum absolute atomic E-state index is 12.9. The molecule has 1 saturated heterocycles. The molecule has 7 nitrogen and oxygen atoms in total. The second-order valence-electron chi connectivity index (χ2n) is 8.42. The molecule has 3 rings (SSSR count). The number of amides is 1. The summed E-state index contributed by atoms with van der Waals surface area (Å²) in [6.45, 7) is 8.70. The number of nitrogens with one attached hydrogen (secondary N) is 2. The molecule has 0 spiro atoms. The Balaban J connectivity index is 1.65. The number of carbonyl (C=O) groups excluding carboxylic acids is 1. The minimum atomic E-state index is -3.90. The van der Waals surface area contributed by atoms with Crippen molar-refractivity contribution in [2.75, 3.05) is 18.4 Å². The molecule has 1 aromatic carbocycles. The first-order valence-corrected chi connectivity index (χ1v) is 13.1. The molecule has 2 atom stereocenters. The number of hydrogen-bond acceptors (Lipinski definition) is 6. The van der Waals surface area contributed by atoms with Crippen LogP contribution in [0.5, 0.6) is 0 Å². The molecule has 1 aromatic heterocycles. The molecule has 1 amide bonds. The third kappa shape index (κ3) is 6.73. The average Bonchev–Trinajstić information content (AvgIpc) is 3.12. The highest BCUT2D eigenvalue weighted by atomic mass is 35.5. The maximum atomic E-state index is 12.9. The van der Waals surface area contributed by atoms with Crippen molar-refractivity contribution in [1.82, 2.24) is 14.6 Å². The Hall–Kier alpha value is -1.52. The molecule has 1 aliphatic heterocycles. The van der Waals surface area contributed by atoms with Gasteiger partial charge in [-0.25, -0.2) is 13.4 Å². The van der Waals surface area contributed by atoms with Crippen molar-refractivity contribution in [2.24, 2.45) is 11.8 Å². The molecule has 10 heteroatoms. The van der Waals surface area contributed by atoms with Crippen molar-refractivity contribution in [3.8, 4) is 0 Å². The van der Waals surface area contributed by atoms with Gasteiger partial charge in [0.1, 0.15) is 6.04 Å². The Morgan fingerprint density at radius 1 is 1.39 bits per heavy atom. The van der Waals surface area contributed by atoms with Gasteiger partial charge in [-0.05, 0) is 49.4 Å². The van der Waals surface area contributed by atoms with Crippen LogP contribution in [0.3, 0.4) is 0 Å². The normalized spacial score (nSPS) is 18.8. The van der Waals surface area contributed by atoms with Gasteiger partial charge in [-0.3, -0.25) is 9.69 Å². The van der Waals surface area contributed by atoms with Crippen LogP contribution in [0.25, 0.3) is 0 Å². The zero-order chi connectivity index (χ0) is 22.6. The molecular formula is C21H29ClN4O3S2.